The van der Waals surface area contributed by atoms with Crippen LogP contribution in [0.1, 0.15) is 26.2 Å². The van der Waals surface area contributed by atoms with E-state index in [0.29, 0.717) is 5.95 Å². The second kappa shape index (κ2) is 6.58. The molecular formula is C9H16BrN5. The van der Waals surface area contributed by atoms with Gasteiger partial charge in [-0.2, -0.15) is 4.98 Å². The minimum atomic E-state index is 0.413. The molecule has 0 bridgehead atoms. The van der Waals surface area contributed by atoms with Gasteiger partial charge in [0.05, 0.1) is 4.47 Å². The molecular weight excluding hydrogens is 258 g/mol. The molecule has 1 rings (SSSR count). The van der Waals surface area contributed by atoms with Crippen molar-refractivity contribution in [3.05, 3.63) is 10.7 Å². The molecule has 0 spiro atoms. The van der Waals surface area contributed by atoms with Crippen molar-refractivity contribution in [2.45, 2.75) is 26.2 Å². The summed E-state index contributed by atoms with van der Waals surface area (Å²) in [6.45, 7) is 3.09. The highest BCUT2D eigenvalue weighted by atomic mass is 79.9. The van der Waals surface area contributed by atoms with E-state index < -0.39 is 0 Å². The average Bonchev–Trinajstić information content (AvgIpc) is 2.26. The van der Waals surface area contributed by atoms with Gasteiger partial charge in [-0.05, 0) is 22.4 Å². The molecule has 0 atom stereocenters. The van der Waals surface area contributed by atoms with Crippen molar-refractivity contribution in [3.8, 4) is 0 Å². The molecule has 84 valence electrons. The van der Waals surface area contributed by atoms with E-state index in [9.17, 15) is 0 Å². The van der Waals surface area contributed by atoms with Crippen LogP contribution in [0.5, 0.6) is 0 Å². The Bertz CT molecular complexity index is 305. The van der Waals surface area contributed by atoms with E-state index in [0.717, 1.165) is 23.3 Å². The van der Waals surface area contributed by atoms with Crippen LogP contribution in [0.3, 0.4) is 0 Å². The average molecular weight is 274 g/mol. The predicted molar refractivity (Wildman–Crippen MR) is 65.6 cm³/mol. The van der Waals surface area contributed by atoms with Gasteiger partial charge in [0.25, 0.3) is 0 Å². The van der Waals surface area contributed by atoms with Gasteiger partial charge < -0.3 is 5.32 Å². The number of nitrogens with one attached hydrogen (secondary N) is 2. The number of hydrogen-bond donors (Lipinski definition) is 3. The van der Waals surface area contributed by atoms with Gasteiger partial charge in [-0.15, -0.1) is 0 Å². The number of rotatable bonds is 6. The van der Waals surface area contributed by atoms with E-state index in [-0.39, 0.29) is 0 Å². The maximum Gasteiger partial charge on any atom is 0.239 e. The van der Waals surface area contributed by atoms with E-state index in [2.05, 4.69) is 43.6 Å². The van der Waals surface area contributed by atoms with Crippen molar-refractivity contribution >= 4 is 27.7 Å². The minimum Gasteiger partial charge on any atom is -0.369 e. The van der Waals surface area contributed by atoms with Crippen molar-refractivity contribution < 1.29 is 0 Å². The summed E-state index contributed by atoms with van der Waals surface area (Å²) in [4.78, 5) is 8.15. The Balaban J connectivity index is 2.51. The highest BCUT2D eigenvalue weighted by Gasteiger charge is 2.02. The third kappa shape index (κ3) is 4.01. The van der Waals surface area contributed by atoms with Crippen LogP contribution >= 0.6 is 15.9 Å². The Morgan fingerprint density at radius 2 is 2.27 bits per heavy atom. The highest BCUT2D eigenvalue weighted by molar-refractivity contribution is 9.10. The molecule has 15 heavy (non-hydrogen) atoms. The second-order valence-electron chi connectivity index (χ2n) is 3.17. The summed E-state index contributed by atoms with van der Waals surface area (Å²) in [6.07, 6.45) is 5.24. The Kier molecular flexibility index (Phi) is 5.34. The maximum atomic E-state index is 5.23. The molecule has 0 unspecified atom stereocenters. The Morgan fingerprint density at radius 1 is 1.47 bits per heavy atom. The van der Waals surface area contributed by atoms with Crippen LogP contribution in [0.2, 0.25) is 0 Å². The van der Waals surface area contributed by atoms with E-state index in [4.69, 9.17) is 5.84 Å². The van der Waals surface area contributed by atoms with Gasteiger partial charge in [-0.1, -0.05) is 19.8 Å². The summed E-state index contributed by atoms with van der Waals surface area (Å²) < 4.78 is 0.845. The SMILES string of the molecule is CCCCCNc1nc(NN)ncc1Br. The van der Waals surface area contributed by atoms with Gasteiger partial charge in [0, 0.05) is 12.7 Å². The van der Waals surface area contributed by atoms with Crippen molar-refractivity contribution in [1.82, 2.24) is 9.97 Å². The van der Waals surface area contributed by atoms with Crippen LogP contribution in [-0.2, 0) is 0 Å². The lowest BCUT2D eigenvalue weighted by atomic mass is 10.2. The normalized spacial score (nSPS) is 10.1. The molecule has 0 radical (unpaired) electrons. The van der Waals surface area contributed by atoms with E-state index in [1.54, 1.807) is 6.20 Å². The summed E-state index contributed by atoms with van der Waals surface area (Å²) >= 11 is 3.37. The summed E-state index contributed by atoms with van der Waals surface area (Å²) in [7, 11) is 0. The molecule has 5 nitrogen and oxygen atoms in total. The predicted octanol–water partition coefficient (Wildman–Crippen LogP) is 2.13. The highest BCUT2D eigenvalue weighted by Crippen LogP contribution is 2.19. The number of nitrogens with two attached hydrogens (primary N) is 1. The zero-order chi connectivity index (χ0) is 11.1. The van der Waals surface area contributed by atoms with Gasteiger partial charge in [0.15, 0.2) is 0 Å². The Labute approximate surface area is 98.0 Å². The molecule has 6 heteroatoms. The first-order chi connectivity index (χ1) is 7.27. The van der Waals surface area contributed by atoms with Crippen LogP contribution in [0, 0.1) is 0 Å². The third-order valence-electron chi connectivity index (χ3n) is 1.95. The molecule has 0 aromatic carbocycles. The van der Waals surface area contributed by atoms with Gasteiger partial charge in [0.2, 0.25) is 5.95 Å². The topological polar surface area (TPSA) is 75.9 Å². The fourth-order valence-corrected chi connectivity index (χ4v) is 1.47. The minimum absolute atomic E-state index is 0.413. The molecule has 0 fully saturated rings. The largest absolute Gasteiger partial charge is 0.369 e. The standard InChI is InChI=1S/C9H16BrN5/c1-2-3-4-5-12-8-7(10)6-13-9(14-8)15-11/h6H,2-5,11H2,1H3,(H2,12,13,14,15). The van der Waals surface area contributed by atoms with Gasteiger partial charge in [-0.3, -0.25) is 5.43 Å². The van der Waals surface area contributed by atoms with Gasteiger partial charge in [0.1, 0.15) is 5.82 Å². The smallest absolute Gasteiger partial charge is 0.239 e. The quantitative estimate of drug-likeness (QED) is 0.421. The van der Waals surface area contributed by atoms with Crippen molar-refractivity contribution in [2.24, 2.45) is 5.84 Å². The van der Waals surface area contributed by atoms with Crippen LogP contribution < -0.4 is 16.6 Å². The second-order valence-corrected chi connectivity index (χ2v) is 4.02. The van der Waals surface area contributed by atoms with Crippen molar-refractivity contribution in [3.63, 3.8) is 0 Å². The summed E-state index contributed by atoms with van der Waals surface area (Å²) in [5.41, 5.74) is 2.41. The van der Waals surface area contributed by atoms with Crippen molar-refractivity contribution in [1.29, 1.82) is 0 Å². The lowest BCUT2D eigenvalue weighted by Crippen LogP contribution is -2.12. The molecule has 1 aromatic rings. The molecule has 0 aliphatic rings. The van der Waals surface area contributed by atoms with E-state index in [1.807, 2.05) is 0 Å². The molecule has 0 saturated carbocycles. The van der Waals surface area contributed by atoms with Crippen molar-refractivity contribution in [2.75, 3.05) is 17.3 Å². The Hall–Kier alpha value is -0.880. The summed E-state index contributed by atoms with van der Waals surface area (Å²) in [6, 6.07) is 0. The number of anilines is 2. The summed E-state index contributed by atoms with van der Waals surface area (Å²) in [5, 5.41) is 3.23. The number of nitrogen functional groups attached to an aromatic ring is 1. The monoisotopic (exact) mass is 273 g/mol. The first kappa shape index (κ1) is 12.2. The number of aromatic nitrogens is 2. The fraction of sp³-hybridized carbons (Fsp3) is 0.556. The summed E-state index contributed by atoms with van der Waals surface area (Å²) in [5.74, 6) is 6.41. The Morgan fingerprint density at radius 3 is 2.93 bits per heavy atom. The lowest BCUT2D eigenvalue weighted by molar-refractivity contribution is 0.742. The van der Waals surface area contributed by atoms with Gasteiger partial charge >= 0.3 is 0 Å². The van der Waals surface area contributed by atoms with Crippen LogP contribution in [0.4, 0.5) is 11.8 Å². The third-order valence-corrected chi connectivity index (χ3v) is 2.53. The number of hydrogen-bond acceptors (Lipinski definition) is 5. The number of nitrogens with zero attached hydrogens (tertiary/aromatic N) is 2. The van der Waals surface area contributed by atoms with E-state index in [1.165, 1.54) is 12.8 Å². The van der Waals surface area contributed by atoms with Crippen LogP contribution in [-0.4, -0.2) is 16.5 Å². The molecule has 0 aliphatic heterocycles. The molecule has 4 N–H and O–H groups in total. The van der Waals surface area contributed by atoms with Gasteiger partial charge in [-0.25, -0.2) is 10.8 Å². The zero-order valence-corrected chi connectivity index (χ0v) is 10.3. The zero-order valence-electron chi connectivity index (χ0n) is 8.76. The number of halogens is 1. The molecule has 0 saturated heterocycles. The van der Waals surface area contributed by atoms with Crippen LogP contribution in [0.25, 0.3) is 0 Å². The molecule has 1 aromatic heterocycles. The lowest BCUT2D eigenvalue weighted by Gasteiger charge is -2.08. The van der Waals surface area contributed by atoms with E-state index >= 15 is 0 Å². The molecule has 0 aliphatic carbocycles. The molecule has 1 heterocycles. The maximum absolute atomic E-state index is 5.23. The fourth-order valence-electron chi connectivity index (χ4n) is 1.14. The molecule has 0 amide bonds. The van der Waals surface area contributed by atoms with Crippen LogP contribution in [0.15, 0.2) is 10.7 Å². The first-order valence-corrected chi connectivity index (χ1v) is 5.80. The number of unbranched alkanes of at least 4 members (excludes halogenated alkanes) is 2. The first-order valence-electron chi connectivity index (χ1n) is 5.01. The number of hydrazine groups is 1.